The average Bonchev–Trinajstić information content (AvgIpc) is 3.73. The van der Waals surface area contributed by atoms with Gasteiger partial charge in [-0.15, -0.1) is 23.1 Å². The fourth-order valence-electron chi connectivity index (χ4n) is 7.29. The molecule has 1 spiro atoms. The number of hydrogen-bond donors (Lipinski definition) is 2. The summed E-state index contributed by atoms with van der Waals surface area (Å²) in [5.74, 6) is 1.95. The summed E-state index contributed by atoms with van der Waals surface area (Å²) < 4.78 is 20.4. The Morgan fingerprint density at radius 3 is 2.85 bits per heavy atom. The van der Waals surface area contributed by atoms with E-state index < -0.39 is 6.17 Å². The Hall–Kier alpha value is -2.84. The highest BCUT2D eigenvalue weighted by Crippen LogP contribution is 2.58. The lowest BCUT2D eigenvalue weighted by molar-refractivity contribution is 0.107. The molecule has 210 valence electrons. The predicted molar refractivity (Wildman–Crippen MR) is 154 cm³/mol. The number of rotatable bonds is 6. The quantitative estimate of drug-likeness (QED) is 0.522. The molecule has 5 aliphatic heterocycles. The molecule has 10 nitrogen and oxygen atoms in total. The summed E-state index contributed by atoms with van der Waals surface area (Å²) in [4.78, 5) is 17.1. The first-order valence-electron chi connectivity index (χ1n) is 13.8. The third-order valence-corrected chi connectivity index (χ3v) is 12.0. The number of aromatic nitrogens is 2. The molecule has 0 aliphatic carbocycles. The largest absolute Gasteiger partial charge is 0.461 e. The first-order chi connectivity index (χ1) is 19.4. The van der Waals surface area contributed by atoms with E-state index in [9.17, 15) is 14.9 Å². The Labute approximate surface area is 241 Å². The number of likely N-dealkylation sites (N-methyl/N-ethyl adjacent to an activating group) is 1. The minimum absolute atomic E-state index is 0.205. The number of fused-ring (bicyclic) bond motifs is 3. The molecular weight excluding hydrogens is 549 g/mol. The maximum absolute atomic E-state index is 14.4. The average molecular weight is 582 g/mol. The Morgan fingerprint density at radius 2 is 2.10 bits per heavy atom. The van der Waals surface area contributed by atoms with Crippen molar-refractivity contribution in [3.05, 3.63) is 21.6 Å². The maximum Gasteiger partial charge on any atom is 0.320 e. The van der Waals surface area contributed by atoms with Crippen LogP contribution < -0.4 is 25.6 Å². The van der Waals surface area contributed by atoms with E-state index in [4.69, 9.17) is 20.4 Å². The zero-order valence-corrected chi connectivity index (χ0v) is 24.1. The van der Waals surface area contributed by atoms with Gasteiger partial charge in [-0.1, -0.05) is 0 Å². The molecule has 2 aromatic heterocycles. The van der Waals surface area contributed by atoms with Gasteiger partial charge >= 0.3 is 6.01 Å². The number of nitrogens with one attached hydrogen (secondary N) is 1. The van der Waals surface area contributed by atoms with Crippen molar-refractivity contribution in [2.45, 2.75) is 53.9 Å². The minimum atomic E-state index is -0.839. The maximum atomic E-state index is 14.4. The summed E-state index contributed by atoms with van der Waals surface area (Å²) in [6.45, 7) is 4.65. The van der Waals surface area contributed by atoms with Crippen LogP contribution in [0.5, 0.6) is 6.01 Å². The second-order valence-corrected chi connectivity index (χ2v) is 14.1. The van der Waals surface area contributed by atoms with Gasteiger partial charge in [-0.3, -0.25) is 4.90 Å². The standard InChI is InChI=1S/C27H32FN9OS2/c1-35(17-3-5-32-10-17)23-19(9-30)24(34-25(33-23)38-15-26-4-2-6-37(26)11-16(28)7-26)36-13-27(14-36)21-18(8-29)22(31)40-20(21)12-39-27/h16-17,32H,2-7,10-15,31H2,1H3/t16-,17?,26+/m1/s1. The lowest BCUT2D eigenvalue weighted by Gasteiger charge is -2.48. The van der Waals surface area contributed by atoms with E-state index in [1.54, 1.807) is 0 Å². The third-order valence-electron chi connectivity index (χ3n) is 9.36. The zero-order chi connectivity index (χ0) is 27.6. The second kappa shape index (κ2) is 9.62. The highest BCUT2D eigenvalue weighted by atomic mass is 32.2. The van der Waals surface area contributed by atoms with Crippen LogP contribution in [-0.4, -0.2) is 85.5 Å². The fourth-order valence-corrected chi connectivity index (χ4v) is 10.1. The molecule has 13 heteroatoms. The summed E-state index contributed by atoms with van der Waals surface area (Å²) in [6.07, 6.45) is 2.51. The number of nitrogen functional groups attached to an aromatic ring is 1. The van der Waals surface area contributed by atoms with Crippen LogP contribution in [0.3, 0.4) is 0 Å². The van der Waals surface area contributed by atoms with Crippen LogP contribution in [0, 0.1) is 22.7 Å². The summed E-state index contributed by atoms with van der Waals surface area (Å²) in [6, 6.07) is 5.14. The molecule has 1 unspecified atom stereocenters. The van der Waals surface area contributed by atoms with Gasteiger partial charge in [0.1, 0.15) is 35.5 Å². The topological polar surface area (TPSA) is 130 Å². The lowest BCUT2D eigenvalue weighted by Crippen LogP contribution is -2.57. The lowest BCUT2D eigenvalue weighted by atomic mass is 9.88. The molecule has 3 atom stereocenters. The molecule has 2 aromatic rings. The van der Waals surface area contributed by atoms with Crippen LogP contribution in [0.2, 0.25) is 0 Å². The predicted octanol–water partition coefficient (Wildman–Crippen LogP) is 2.58. The number of nitrogens with zero attached hydrogens (tertiary/aromatic N) is 7. The van der Waals surface area contributed by atoms with Crippen molar-refractivity contribution in [3.63, 3.8) is 0 Å². The summed E-state index contributed by atoms with van der Waals surface area (Å²) in [5.41, 5.74) is 7.93. The van der Waals surface area contributed by atoms with Gasteiger partial charge < -0.3 is 25.6 Å². The first-order valence-corrected chi connectivity index (χ1v) is 15.6. The van der Waals surface area contributed by atoms with Crippen LogP contribution in [0.4, 0.5) is 21.0 Å². The molecule has 4 saturated heterocycles. The third kappa shape index (κ3) is 3.93. The zero-order valence-electron chi connectivity index (χ0n) is 22.5. The number of thiophene rings is 1. The van der Waals surface area contributed by atoms with Crippen molar-refractivity contribution in [2.75, 3.05) is 68.5 Å². The second-order valence-electron chi connectivity index (χ2n) is 11.7. The number of alkyl halides is 1. The van der Waals surface area contributed by atoms with Crippen molar-refractivity contribution in [2.24, 2.45) is 0 Å². The minimum Gasteiger partial charge on any atom is -0.461 e. The molecule has 0 bridgehead atoms. The van der Waals surface area contributed by atoms with Gasteiger partial charge in [0.25, 0.3) is 0 Å². The Kier molecular flexibility index (Phi) is 6.27. The normalized spacial score (nSPS) is 28.2. The summed E-state index contributed by atoms with van der Waals surface area (Å²) in [5, 5.41) is 24.1. The fraction of sp³-hybridized carbons (Fsp3) is 0.630. The van der Waals surface area contributed by atoms with E-state index in [2.05, 4.69) is 32.2 Å². The summed E-state index contributed by atoms with van der Waals surface area (Å²) >= 11 is 3.34. The van der Waals surface area contributed by atoms with E-state index in [0.717, 1.165) is 50.2 Å². The van der Waals surface area contributed by atoms with Gasteiger partial charge in [-0.2, -0.15) is 20.5 Å². The molecule has 0 amide bonds. The van der Waals surface area contributed by atoms with E-state index in [0.29, 0.717) is 60.4 Å². The van der Waals surface area contributed by atoms with E-state index >= 15 is 0 Å². The van der Waals surface area contributed by atoms with Gasteiger partial charge in [-0.25, -0.2) is 4.39 Å². The number of halogens is 1. The molecular formula is C27H32FN9OS2. The number of anilines is 3. The van der Waals surface area contributed by atoms with E-state index in [1.165, 1.54) is 16.2 Å². The first kappa shape index (κ1) is 26.1. The van der Waals surface area contributed by atoms with Crippen molar-refractivity contribution in [3.8, 4) is 18.1 Å². The Bertz CT molecular complexity index is 1420. The molecule has 0 aromatic carbocycles. The van der Waals surface area contributed by atoms with Crippen molar-refractivity contribution in [1.29, 1.82) is 10.5 Å². The van der Waals surface area contributed by atoms with Gasteiger partial charge in [-0.05, 0) is 32.4 Å². The van der Waals surface area contributed by atoms with Crippen LogP contribution in [0.25, 0.3) is 0 Å². The number of hydrogen-bond acceptors (Lipinski definition) is 12. The molecule has 0 radical (unpaired) electrons. The number of ether oxygens (including phenoxy) is 1. The molecule has 40 heavy (non-hydrogen) atoms. The molecule has 4 fully saturated rings. The smallest absolute Gasteiger partial charge is 0.320 e. The molecule has 5 aliphatic rings. The van der Waals surface area contributed by atoms with Gasteiger partial charge in [0.05, 0.1) is 15.8 Å². The Balaban J connectivity index is 1.22. The monoisotopic (exact) mass is 581 g/mol. The number of nitrogens with two attached hydrogens (primary N) is 1. The van der Waals surface area contributed by atoms with Gasteiger partial charge in [0.2, 0.25) is 0 Å². The van der Waals surface area contributed by atoms with Gasteiger partial charge in [0.15, 0.2) is 11.6 Å². The molecule has 3 N–H and O–H groups in total. The van der Waals surface area contributed by atoms with Crippen LogP contribution >= 0.6 is 23.1 Å². The van der Waals surface area contributed by atoms with Crippen LogP contribution in [0.1, 0.15) is 47.3 Å². The van der Waals surface area contributed by atoms with Crippen molar-refractivity contribution in [1.82, 2.24) is 20.2 Å². The number of thioether (sulfide) groups is 1. The number of nitriles is 2. The molecule has 0 saturated carbocycles. The molecule has 7 heterocycles. The van der Waals surface area contributed by atoms with E-state index in [1.807, 2.05) is 18.8 Å². The van der Waals surface area contributed by atoms with Gasteiger partial charge in [0, 0.05) is 61.9 Å². The highest BCUT2D eigenvalue weighted by molar-refractivity contribution is 8.00. The highest BCUT2D eigenvalue weighted by Gasteiger charge is 2.53. The van der Waals surface area contributed by atoms with Crippen LogP contribution in [-0.2, 0) is 10.5 Å². The van der Waals surface area contributed by atoms with E-state index in [-0.39, 0.29) is 22.3 Å². The Morgan fingerprint density at radius 1 is 1.27 bits per heavy atom. The SMILES string of the molecule is CN(c1nc(OC[C@@]23CCCN2C[C@H](F)C3)nc(N2CC3(C2)SCc2sc(N)c(C#N)c23)c1C#N)C1CCNC1. The summed E-state index contributed by atoms with van der Waals surface area (Å²) in [7, 11) is 1.97. The van der Waals surface area contributed by atoms with Crippen molar-refractivity contribution >= 4 is 39.7 Å². The van der Waals surface area contributed by atoms with Crippen LogP contribution in [0.15, 0.2) is 0 Å². The van der Waals surface area contributed by atoms with Crippen molar-refractivity contribution < 1.29 is 9.13 Å². The molecule has 7 rings (SSSR count).